The van der Waals surface area contributed by atoms with Gasteiger partial charge in [-0.05, 0) is 13.3 Å². The first kappa shape index (κ1) is 18.4. The number of carbonyl (C=O) groups is 1. The highest BCUT2D eigenvalue weighted by molar-refractivity contribution is 5.75. The lowest BCUT2D eigenvalue weighted by atomic mass is 10.1. The van der Waals surface area contributed by atoms with Crippen LogP contribution in [0.25, 0.3) is 0 Å². The predicted octanol–water partition coefficient (Wildman–Crippen LogP) is 4.06. The van der Waals surface area contributed by atoms with Crippen molar-refractivity contribution in [2.24, 2.45) is 0 Å². The molecule has 114 valence electrons. The molecule has 3 heteroatoms. The van der Waals surface area contributed by atoms with Crippen LogP contribution in [0.5, 0.6) is 0 Å². The number of hydrogen-bond acceptors (Lipinski definition) is 2. The van der Waals surface area contributed by atoms with Crippen LogP contribution in [0, 0.1) is 0 Å². The van der Waals surface area contributed by atoms with Crippen molar-refractivity contribution in [3.63, 3.8) is 0 Å². The summed E-state index contributed by atoms with van der Waals surface area (Å²) in [5.74, 6) is 0.169. The van der Waals surface area contributed by atoms with Crippen molar-refractivity contribution in [1.29, 1.82) is 0 Å². The molecular weight excluding hydrogens is 238 g/mol. The zero-order valence-electron chi connectivity index (χ0n) is 13.0. The lowest BCUT2D eigenvalue weighted by molar-refractivity contribution is -0.121. The Labute approximate surface area is 119 Å². The zero-order valence-corrected chi connectivity index (χ0v) is 13.0. The van der Waals surface area contributed by atoms with Crippen LogP contribution in [0.3, 0.4) is 0 Å². The van der Waals surface area contributed by atoms with E-state index in [-0.39, 0.29) is 5.91 Å². The number of nitrogens with one attached hydrogen (secondary N) is 1. The third-order valence-electron chi connectivity index (χ3n) is 3.28. The van der Waals surface area contributed by atoms with Gasteiger partial charge in [-0.1, -0.05) is 58.3 Å². The minimum atomic E-state index is 0.169. The van der Waals surface area contributed by atoms with E-state index in [4.69, 9.17) is 4.74 Å². The summed E-state index contributed by atoms with van der Waals surface area (Å²) < 4.78 is 5.17. The van der Waals surface area contributed by atoms with Crippen LogP contribution in [0.1, 0.15) is 78.1 Å². The maximum atomic E-state index is 11.4. The average molecular weight is 271 g/mol. The van der Waals surface area contributed by atoms with Gasteiger partial charge in [-0.2, -0.15) is 0 Å². The van der Waals surface area contributed by atoms with Crippen LogP contribution >= 0.6 is 0 Å². The quantitative estimate of drug-likeness (QED) is 0.484. The van der Waals surface area contributed by atoms with Crippen molar-refractivity contribution >= 4 is 5.91 Å². The topological polar surface area (TPSA) is 38.3 Å². The molecule has 0 saturated heterocycles. The first-order valence-corrected chi connectivity index (χ1v) is 8.15. The lowest BCUT2D eigenvalue weighted by Gasteiger charge is -2.05. The van der Waals surface area contributed by atoms with Crippen molar-refractivity contribution in [3.05, 3.63) is 0 Å². The first-order valence-electron chi connectivity index (χ1n) is 8.15. The normalized spacial score (nSPS) is 10.6. The van der Waals surface area contributed by atoms with Gasteiger partial charge in [0.25, 0.3) is 0 Å². The second kappa shape index (κ2) is 15.5. The maximum Gasteiger partial charge on any atom is 0.220 e. The molecule has 0 heterocycles. The van der Waals surface area contributed by atoms with Gasteiger partial charge in [0.05, 0.1) is 6.61 Å². The largest absolute Gasteiger partial charge is 0.380 e. The van der Waals surface area contributed by atoms with Crippen molar-refractivity contribution in [1.82, 2.24) is 5.32 Å². The van der Waals surface area contributed by atoms with E-state index in [0.717, 1.165) is 6.42 Å². The van der Waals surface area contributed by atoms with Gasteiger partial charge in [-0.25, -0.2) is 0 Å². The van der Waals surface area contributed by atoms with Crippen molar-refractivity contribution in [2.45, 2.75) is 78.1 Å². The van der Waals surface area contributed by atoms with Gasteiger partial charge < -0.3 is 10.1 Å². The Bertz CT molecular complexity index is 195. The number of hydrogen-bond donors (Lipinski definition) is 1. The monoisotopic (exact) mass is 271 g/mol. The molecule has 0 aliphatic rings. The van der Waals surface area contributed by atoms with Crippen molar-refractivity contribution in [3.8, 4) is 0 Å². The average Bonchev–Trinajstić information content (AvgIpc) is 2.42. The van der Waals surface area contributed by atoms with Crippen LogP contribution in [0.2, 0.25) is 0 Å². The van der Waals surface area contributed by atoms with E-state index in [1.165, 1.54) is 51.4 Å². The third kappa shape index (κ3) is 15.4. The highest BCUT2D eigenvalue weighted by Gasteiger charge is 2.00. The highest BCUT2D eigenvalue weighted by Crippen LogP contribution is 2.10. The van der Waals surface area contributed by atoms with Gasteiger partial charge in [0.15, 0.2) is 0 Å². The molecule has 1 amide bonds. The second-order valence-electron chi connectivity index (χ2n) is 5.13. The van der Waals surface area contributed by atoms with Crippen LogP contribution < -0.4 is 5.32 Å². The fourth-order valence-corrected chi connectivity index (χ4v) is 2.09. The van der Waals surface area contributed by atoms with Crippen LogP contribution in [0.4, 0.5) is 0 Å². The van der Waals surface area contributed by atoms with E-state index in [1.54, 1.807) is 0 Å². The summed E-state index contributed by atoms with van der Waals surface area (Å²) in [6.07, 6.45) is 12.3. The van der Waals surface area contributed by atoms with Crippen LogP contribution in [-0.2, 0) is 9.53 Å². The standard InChI is InChI=1S/C16H33NO2/c1-3-5-6-7-8-9-10-11-12-13-16(18)17-14-15-19-4-2/h3-15H2,1-2H3,(H,17,18). The molecular formula is C16H33NO2. The molecule has 0 bridgehead atoms. The Hall–Kier alpha value is -0.570. The Kier molecular flexibility index (Phi) is 15.0. The van der Waals surface area contributed by atoms with Gasteiger partial charge in [0.1, 0.15) is 0 Å². The smallest absolute Gasteiger partial charge is 0.220 e. The number of carbonyl (C=O) groups excluding carboxylic acids is 1. The SMILES string of the molecule is CCCCCCCCCCCC(=O)NCCOCC. The van der Waals surface area contributed by atoms with Gasteiger partial charge in [-0.3, -0.25) is 4.79 Å². The Morgan fingerprint density at radius 1 is 0.895 bits per heavy atom. The van der Waals surface area contributed by atoms with E-state index in [2.05, 4.69) is 12.2 Å². The summed E-state index contributed by atoms with van der Waals surface area (Å²) >= 11 is 0. The fourth-order valence-electron chi connectivity index (χ4n) is 2.09. The highest BCUT2D eigenvalue weighted by atomic mass is 16.5. The molecule has 0 unspecified atom stereocenters. The molecule has 19 heavy (non-hydrogen) atoms. The molecule has 0 aromatic carbocycles. The molecule has 3 nitrogen and oxygen atoms in total. The third-order valence-corrected chi connectivity index (χ3v) is 3.28. The molecule has 0 saturated carbocycles. The number of unbranched alkanes of at least 4 members (excludes halogenated alkanes) is 8. The molecule has 0 rings (SSSR count). The predicted molar refractivity (Wildman–Crippen MR) is 81.3 cm³/mol. The van der Waals surface area contributed by atoms with Gasteiger partial charge in [-0.15, -0.1) is 0 Å². The van der Waals surface area contributed by atoms with Gasteiger partial charge >= 0.3 is 0 Å². The summed E-state index contributed by atoms with van der Waals surface area (Å²) in [6, 6.07) is 0. The molecule has 0 aliphatic heterocycles. The molecule has 1 N–H and O–H groups in total. The number of rotatable bonds is 14. The number of amides is 1. The van der Waals surface area contributed by atoms with E-state index >= 15 is 0 Å². The van der Waals surface area contributed by atoms with E-state index in [9.17, 15) is 4.79 Å². The number of ether oxygens (including phenoxy) is 1. The molecule has 0 fully saturated rings. The maximum absolute atomic E-state index is 11.4. The summed E-state index contributed by atoms with van der Waals surface area (Å²) in [6.45, 7) is 6.20. The molecule has 0 aromatic heterocycles. The van der Waals surface area contributed by atoms with Crippen molar-refractivity contribution in [2.75, 3.05) is 19.8 Å². The van der Waals surface area contributed by atoms with Gasteiger partial charge in [0, 0.05) is 19.6 Å². The van der Waals surface area contributed by atoms with E-state index in [1.807, 2.05) is 6.92 Å². The summed E-state index contributed by atoms with van der Waals surface area (Å²) in [5.41, 5.74) is 0. The van der Waals surface area contributed by atoms with Crippen molar-refractivity contribution < 1.29 is 9.53 Å². The van der Waals surface area contributed by atoms with Gasteiger partial charge in [0.2, 0.25) is 5.91 Å². The summed E-state index contributed by atoms with van der Waals surface area (Å²) in [4.78, 5) is 11.4. The Morgan fingerprint density at radius 3 is 2.05 bits per heavy atom. The first-order chi connectivity index (χ1) is 9.31. The van der Waals surface area contributed by atoms with E-state index in [0.29, 0.717) is 26.2 Å². The second-order valence-corrected chi connectivity index (χ2v) is 5.13. The Balaban J connectivity index is 3.10. The minimum Gasteiger partial charge on any atom is -0.380 e. The molecule has 0 atom stereocenters. The Morgan fingerprint density at radius 2 is 1.47 bits per heavy atom. The minimum absolute atomic E-state index is 0.169. The van der Waals surface area contributed by atoms with Crippen LogP contribution in [0.15, 0.2) is 0 Å². The fraction of sp³-hybridized carbons (Fsp3) is 0.938. The summed E-state index contributed by atoms with van der Waals surface area (Å²) in [7, 11) is 0. The summed E-state index contributed by atoms with van der Waals surface area (Å²) in [5, 5.41) is 2.88. The molecule has 0 radical (unpaired) electrons. The van der Waals surface area contributed by atoms with Crippen LogP contribution in [-0.4, -0.2) is 25.7 Å². The molecule has 0 aliphatic carbocycles. The zero-order chi connectivity index (χ0) is 14.2. The molecule has 0 aromatic rings. The lowest BCUT2D eigenvalue weighted by Crippen LogP contribution is -2.26. The molecule has 0 spiro atoms. The van der Waals surface area contributed by atoms with E-state index < -0.39 is 0 Å².